The fourth-order valence-electron chi connectivity index (χ4n) is 3.88. The summed E-state index contributed by atoms with van der Waals surface area (Å²) in [5.41, 5.74) is 2.16. The molecular formula is C27H20ClF3N6O. The van der Waals surface area contributed by atoms with Crippen LogP contribution < -0.4 is 10.6 Å². The number of carbonyl (C=O) groups excluding carboxylic acids is 1. The number of nitrogens with one attached hydrogen (secondary N) is 2. The normalized spacial score (nSPS) is 11.5. The van der Waals surface area contributed by atoms with Crippen LogP contribution in [0.4, 0.5) is 30.4 Å². The third-order valence-corrected chi connectivity index (χ3v) is 6.11. The van der Waals surface area contributed by atoms with Gasteiger partial charge < -0.3 is 10.6 Å². The topological polar surface area (TPSA) is 84.7 Å². The standard InChI is InChI=1S/C27H20ClF3N6O/c1-15-9-10-17(26(38)33-20-8-4-6-18(13-20)27(29,30)31)12-22(15)34-24-21-14-32-37(2)25(21)36-23(35-24)16-5-3-7-19(28)11-16/h3-14H,1-2H3,(H,33,38)(H,34,35,36). The molecule has 0 spiro atoms. The fourth-order valence-corrected chi connectivity index (χ4v) is 4.07. The third-order valence-electron chi connectivity index (χ3n) is 5.88. The van der Waals surface area contributed by atoms with Gasteiger partial charge in [-0.3, -0.25) is 9.48 Å². The summed E-state index contributed by atoms with van der Waals surface area (Å²) in [5.74, 6) is 0.347. The molecule has 11 heteroatoms. The average Bonchev–Trinajstić information content (AvgIpc) is 3.26. The van der Waals surface area contributed by atoms with E-state index in [9.17, 15) is 18.0 Å². The molecule has 5 aromatic rings. The summed E-state index contributed by atoms with van der Waals surface area (Å²) in [6.07, 6.45) is -2.88. The van der Waals surface area contributed by atoms with Crippen molar-refractivity contribution >= 4 is 45.7 Å². The van der Waals surface area contributed by atoms with Crippen molar-refractivity contribution in [3.63, 3.8) is 0 Å². The van der Waals surface area contributed by atoms with Crippen LogP contribution in [0, 0.1) is 6.92 Å². The minimum absolute atomic E-state index is 0.0407. The van der Waals surface area contributed by atoms with Crippen LogP contribution in [0.2, 0.25) is 5.02 Å². The number of hydrogen-bond donors (Lipinski definition) is 2. The lowest BCUT2D eigenvalue weighted by Gasteiger charge is -2.14. The quantitative estimate of drug-likeness (QED) is 0.252. The van der Waals surface area contributed by atoms with E-state index in [0.717, 1.165) is 23.3 Å². The molecule has 0 saturated heterocycles. The molecule has 2 aromatic heterocycles. The zero-order chi connectivity index (χ0) is 27.0. The minimum Gasteiger partial charge on any atom is -0.339 e. The lowest BCUT2D eigenvalue weighted by atomic mass is 10.1. The van der Waals surface area contributed by atoms with E-state index in [0.29, 0.717) is 33.4 Å². The molecule has 192 valence electrons. The van der Waals surface area contributed by atoms with Gasteiger partial charge in [-0.2, -0.15) is 18.3 Å². The first-order valence-electron chi connectivity index (χ1n) is 11.4. The second kappa shape index (κ2) is 9.79. The Labute approximate surface area is 220 Å². The van der Waals surface area contributed by atoms with Crippen LogP contribution in [0.15, 0.2) is 72.9 Å². The van der Waals surface area contributed by atoms with Gasteiger partial charge in [-0.1, -0.05) is 35.9 Å². The molecule has 38 heavy (non-hydrogen) atoms. The summed E-state index contributed by atoms with van der Waals surface area (Å²) in [5, 5.41) is 11.3. The molecule has 0 saturated carbocycles. The maximum absolute atomic E-state index is 13.1. The van der Waals surface area contributed by atoms with Gasteiger partial charge in [-0.05, 0) is 55.0 Å². The van der Waals surface area contributed by atoms with Crippen molar-refractivity contribution in [3.05, 3.63) is 94.6 Å². The molecule has 1 amide bonds. The molecule has 0 unspecified atom stereocenters. The Balaban J connectivity index is 1.48. The molecule has 2 N–H and O–H groups in total. The van der Waals surface area contributed by atoms with Crippen LogP contribution in [-0.2, 0) is 13.2 Å². The molecule has 7 nitrogen and oxygen atoms in total. The number of benzene rings is 3. The van der Waals surface area contributed by atoms with Gasteiger partial charge >= 0.3 is 6.18 Å². The minimum atomic E-state index is -4.51. The van der Waals surface area contributed by atoms with Crippen molar-refractivity contribution in [1.82, 2.24) is 19.7 Å². The number of rotatable bonds is 5. The Morgan fingerprint density at radius 2 is 1.79 bits per heavy atom. The lowest BCUT2D eigenvalue weighted by molar-refractivity contribution is -0.137. The van der Waals surface area contributed by atoms with Crippen molar-refractivity contribution in [2.75, 3.05) is 10.6 Å². The fraction of sp³-hybridized carbons (Fsp3) is 0.111. The van der Waals surface area contributed by atoms with Gasteiger partial charge in [0.05, 0.1) is 17.1 Å². The SMILES string of the molecule is Cc1ccc(C(=O)Nc2cccc(C(F)(F)F)c2)cc1Nc1nc(-c2cccc(Cl)c2)nc2c1cnn2C. The summed E-state index contributed by atoms with van der Waals surface area (Å²) in [6, 6.07) is 16.6. The van der Waals surface area contributed by atoms with Crippen LogP contribution >= 0.6 is 11.6 Å². The lowest BCUT2D eigenvalue weighted by Crippen LogP contribution is -2.13. The molecule has 0 aliphatic carbocycles. The molecule has 0 aliphatic heterocycles. The zero-order valence-electron chi connectivity index (χ0n) is 20.1. The maximum atomic E-state index is 13.1. The summed E-state index contributed by atoms with van der Waals surface area (Å²) in [4.78, 5) is 22.2. The van der Waals surface area contributed by atoms with Gasteiger partial charge in [0.25, 0.3) is 5.91 Å². The Kier molecular flexibility index (Phi) is 6.50. The first-order valence-corrected chi connectivity index (χ1v) is 11.8. The molecule has 0 bridgehead atoms. The predicted molar refractivity (Wildman–Crippen MR) is 141 cm³/mol. The molecular weight excluding hydrogens is 517 g/mol. The van der Waals surface area contributed by atoms with E-state index in [-0.39, 0.29) is 11.3 Å². The zero-order valence-corrected chi connectivity index (χ0v) is 20.9. The van der Waals surface area contributed by atoms with Crippen molar-refractivity contribution in [1.29, 1.82) is 0 Å². The van der Waals surface area contributed by atoms with E-state index in [1.165, 1.54) is 12.1 Å². The van der Waals surface area contributed by atoms with Gasteiger partial charge in [0.15, 0.2) is 11.5 Å². The first kappa shape index (κ1) is 25.2. The summed E-state index contributed by atoms with van der Waals surface area (Å²) in [6.45, 7) is 1.86. The van der Waals surface area contributed by atoms with Crippen molar-refractivity contribution in [3.8, 4) is 11.4 Å². The van der Waals surface area contributed by atoms with Crippen molar-refractivity contribution < 1.29 is 18.0 Å². The number of amides is 1. The molecule has 0 aliphatic rings. The summed E-state index contributed by atoms with van der Waals surface area (Å²) in [7, 11) is 1.77. The maximum Gasteiger partial charge on any atom is 0.416 e. The van der Waals surface area contributed by atoms with E-state index in [1.54, 1.807) is 54.3 Å². The highest BCUT2D eigenvalue weighted by Crippen LogP contribution is 2.32. The number of aromatic nitrogens is 4. The van der Waals surface area contributed by atoms with Crippen molar-refractivity contribution in [2.45, 2.75) is 13.1 Å². The highest BCUT2D eigenvalue weighted by atomic mass is 35.5. The summed E-state index contributed by atoms with van der Waals surface area (Å²) >= 11 is 6.17. The smallest absolute Gasteiger partial charge is 0.339 e. The molecule has 0 fully saturated rings. The van der Waals surface area contributed by atoms with Gasteiger partial charge in [0, 0.05) is 34.6 Å². The molecule has 5 rings (SSSR count). The number of nitrogens with zero attached hydrogens (tertiary/aromatic N) is 4. The van der Waals surface area contributed by atoms with Crippen LogP contribution in [-0.4, -0.2) is 25.7 Å². The number of carbonyl (C=O) groups is 1. The number of anilines is 3. The van der Waals surface area contributed by atoms with Crippen LogP contribution in [0.5, 0.6) is 0 Å². The molecule has 0 atom stereocenters. The molecule has 0 radical (unpaired) electrons. The van der Waals surface area contributed by atoms with E-state index < -0.39 is 17.6 Å². The van der Waals surface area contributed by atoms with Crippen molar-refractivity contribution in [2.24, 2.45) is 7.05 Å². The van der Waals surface area contributed by atoms with Gasteiger partial charge in [-0.25, -0.2) is 9.97 Å². The first-order chi connectivity index (χ1) is 18.1. The monoisotopic (exact) mass is 536 g/mol. The van der Waals surface area contributed by atoms with Crippen LogP contribution in [0.25, 0.3) is 22.4 Å². The van der Waals surface area contributed by atoms with E-state index in [4.69, 9.17) is 16.6 Å². The summed E-state index contributed by atoms with van der Waals surface area (Å²) < 4.78 is 40.8. The third kappa shape index (κ3) is 5.16. The second-order valence-corrected chi connectivity index (χ2v) is 9.04. The largest absolute Gasteiger partial charge is 0.416 e. The van der Waals surface area contributed by atoms with Crippen LogP contribution in [0.1, 0.15) is 21.5 Å². The van der Waals surface area contributed by atoms with Gasteiger partial charge in [0.2, 0.25) is 0 Å². The van der Waals surface area contributed by atoms with E-state index in [1.807, 2.05) is 13.0 Å². The predicted octanol–water partition coefficient (Wildman–Crippen LogP) is 7.01. The molecule has 3 aromatic carbocycles. The Morgan fingerprint density at radius 3 is 2.55 bits per heavy atom. The Morgan fingerprint density at radius 1 is 1.00 bits per heavy atom. The second-order valence-electron chi connectivity index (χ2n) is 8.60. The molecule has 2 heterocycles. The highest BCUT2D eigenvalue weighted by molar-refractivity contribution is 6.30. The number of aryl methyl sites for hydroxylation is 2. The van der Waals surface area contributed by atoms with E-state index in [2.05, 4.69) is 20.7 Å². The van der Waals surface area contributed by atoms with Crippen LogP contribution in [0.3, 0.4) is 0 Å². The number of hydrogen-bond acceptors (Lipinski definition) is 5. The number of fused-ring (bicyclic) bond motifs is 1. The van der Waals surface area contributed by atoms with E-state index >= 15 is 0 Å². The highest BCUT2D eigenvalue weighted by Gasteiger charge is 2.30. The van der Waals surface area contributed by atoms with Gasteiger partial charge in [-0.15, -0.1) is 0 Å². The number of halogens is 4. The Bertz CT molecular complexity index is 1680. The Hall–Kier alpha value is -4.44. The average molecular weight is 537 g/mol. The van der Waals surface area contributed by atoms with Gasteiger partial charge in [0.1, 0.15) is 5.82 Å². The number of alkyl halides is 3.